The van der Waals surface area contributed by atoms with Crippen LogP contribution in [0.1, 0.15) is 18.1 Å². The molecule has 0 aromatic heterocycles. The van der Waals surface area contributed by atoms with E-state index in [9.17, 15) is 4.79 Å². The predicted molar refractivity (Wildman–Crippen MR) is 113 cm³/mol. The summed E-state index contributed by atoms with van der Waals surface area (Å²) < 4.78 is 11.1. The van der Waals surface area contributed by atoms with Crippen molar-refractivity contribution in [2.45, 2.75) is 26.0 Å². The summed E-state index contributed by atoms with van der Waals surface area (Å²) in [5.41, 5.74) is 7.76. The van der Waals surface area contributed by atoms with Crippen LogP contribution < -0.4 is 10.5 Å². The second-order valence-corrected chi connectivity index (χ2v) is 7.19. The van der Waals surface area contributed by atoms with Crippen molar-refractivity contribution in [2.75, 3.05) is 6.61 Å². The minimum atomic E-state index is -0.771. The second-order valence-electron chi connectivity index (χ2n) is 6.35. The van der Waals surface area contributed by atoms with Crippen LogP contribution in [0.3, 0.4) is 0 Å². The van der Waals surface area contributed by atoms with Gasteiger partial charge in [-0.1, -0.05) is 59.6 Å². The summed E-state index contributed by atoms with van der Waals surface area (Å²) in [5, 5.41) is 3.14. The van der Waals surface area contributed by atoms with Gasteiger partial charge < -0.3 is 15.2 Å². The Morgan fingerprint density at radius 1 is 1.11 bits per heavy atom. The first-order chi connectivity index (χ1) is 13.5. The molecule has 0 radical (unpaired) electrons. The lowest BCUT2D eigenvalue weighted by atomic mass is 9.98. The number of halogens is 2. The molecule has 0 saturated heterocycles. The van der Waals surface area contributed by atoms with Crippen molar-refractivity contribution in [3.05, 3.63) is 75.8 Å². The molecule has 0 fully saturated rings. The van der Waals surface area contributed by atoms with Crippen molar-refractivity contribution in [3.8, 4) is 5.75 Å². The molecule has 0 bridgehead atoms. The predicted octanol–water partition coefficient (Wildman–Crippen LogP) is 5.16. The largest absolute Gasteiger partial charge is 0.489 e. The quantitative estimate of drug-likeness (QED) is 0.539. The minimum Gasteiger partial charge on any atom is -0.489 e. The molecule has 3 aromatic rings. The SMILES string of the molecule is CCOC(=O)C(N)Cc1c(OCc2ccc(Cl)cc2Cl)ccc2ccccc12. The van der Waals surface area contributed by atoms with E-state index in [2.05, 4.69) is 0 Å². The highest BCUT2D eigenvalue weighted by atomic mass is 35.5. The van der Waals surface area contributed by atoms with Gasteiger partial charge in [-0.05, 0) is 35.9 Å². The molecule has 0 amide bonds. The van der Waals surface area contributed by atoms with Crippen LogP contribution in [0.5, 0.6) is 5.75 Å². The molecule has 1 atom stereocenters. The maximum Gasteiger partial charge on any atom is 0.323 e. The van der Waals surface area contributed by atoms with Crippen LogP contribution in [0.4, 0.5) is 0 Å². The first-order valence-electron chi connectivity index (χ1n) is 8.99. The van der Waals surface area contributed by atoms with Crippen molar-refractivity contribution in [2.24, 2.45) is 5.73 Å². The van der Waals surface area contributed by atoms with E-state index in [0.29, 0.717) is 28.8 Å². The van der Waals surface area contributed by atoms with Gasteiger partial charge in [-0.15, -0.1) is 0 Å². The summed E-state index contributed by atoms with van der Waals surface area (Å²) in [6, 6.07) is 16.3. The van der Waals surface area contributed by atoms with E-state index < -0.39 is 12.0 Å². The lowest BCUT2D eigenvalue weighted by molar-refractivity contribution is -0.144. The zero-order valence-corrected chi connectivity index (χ0v) is 17.0. The Morgan fingerprint density at radius 3 is 2.64 bits per heavy atom. The normalized spacial score (nSPS) is 12.0. The molecule has 3 aromatic carbocycles. The fraction of sp³-hybridized carbons (Fsp3) is 0.227. The summed E-state index contributed by atoms with van der Waals surface area (Å²) >= 11 is 12.2. The highest BCUT2D eigenvalue weighted by Crippen LogP contribution is 2.31. The van der Waals surface area contributed by atoms with Crippen LogP contribution in [-0.2, 0) is 22.6 Å². The van der Waals surface area contributed by atoms with Gasteiger partial charge in [0.2, 0.25) is 0 Å². The number of fused-ring (bicyclic) bond motifs is 1. The van der Waals surface area contributed by atoms with Crippen LogP contribution in [0.25, 0.3) is 10.8 Å². The molecular weight excluding hydrogens is 397 g/mol. The molecule has 4 nitrogen and oxygen atoms in total. The smallest absolute Gasteiger partial charge is 0.323 e. The van der Waals surface area contributed by atoms with Gasteiger partial charge in [0.25, 0.3) is 0 Å². The van der Waals surface area contributed by atoms with E-state index in [1.54, 1.807) is 19.1 Å². The highest BCUT2D eigenvalue weighted by molar-refractivity contribution is 6.35. The van der Waals surface area contributed by atoms with Gasteiger partial charge in [0, 0.05) is 27.6 Å². The average molecular weight is 418 g/mol. The van der Waals surface area contributed by atoms with Gasteiger partial charge in [0.15, 0.2) is 0 Å². The van der Waals surface area contributed by atoms with E-state index in [4.69, 9.17) is 38.4 Å². The fourth-order valence-corrected chi connectivity index (χ4v) is 3.47. The molecule has 3 rings (SSSR count). The molecule has 0 aliphatic rings. The Hall–Kier alpha value is -2.27. The van der Waals surface area contributed by atoms with Gasteiger partial charge in [0.1, 0.15) is 18.4 Å². The number of ether oxygens (including phenoxy) is 2. The number of carbonyl (C=O) groups is 1. The molecule has 2 N–H and O–H groups in total. The molecule has 6 heteroatoms. The number of carbonyl (C=O) groups excluding carboxylic acids is 1. The summed E-state index contributed by atoms with van der Waals surface area (Å²) in [6.45, 7) is 2.32. The third kappa shape index (κ3) is 4.76. The first-order valence-corrected chi connectivity index (χ1v) is 9.74. The Bertz CT molecular complexity index is 991. The molecule has 0 aliphatic heterocycles. The molecule has 0 heterocycles. The molecule has 28 heavy (non-hydrogen) atoms. The van der Waals surface area contributed by atoms with Crippen molar-refractivity contribution in [1.82, 2.24) is 0 Å². The highest BCUT2D eigenvalue weighted by Gasteiger charge is 2.19. The zero-order valence-electron chi connectivity index (χ0n) is 15.5. The van der Waals surface area contributed by atoms with E-state index in [1.807, 2.05) is 42.5 Å². The summed E-state index contributed by atoms with van der Waals surface area (Å²) in [6.07, 6.45) is 0.309. The van der Waals surface area contributed by atoms with Crippen LogP contribution >= 0.6 is 23.2 Å². The van der Waals surface area contributed by atoms with Crippen LogP contribution in [0, 0.1) is 0 Å². The molecule has 0 saturated carbocycles. The van der Waals surface area contributed by atoms with Crippen molar-refractivity contribution >= 4 is 39.9 Å². The average Bonchev–Trinajstić information content (AvgIpc) is 2.68. The van der Waals surface area contributed by atoms with Gasteiger partial charge in [-0.2, -0.15) is 0 Å². The lowest BCUT2D eigenvalue weighted by Gasteiger charge is -2.17. The number of benzene rings is 3. The minimum absolute atomic E-state index is 0.274. The summed E-state index contributed by atoms with van der Waals surface area (Å²) in [7, 11) is 0. The van der Waals surface area contributed by atoms with Gasteiger partial charge in [-0.3, -0.25) is 4.79 Å². The number of rotatable bonds is 7. The first kappa shape index (κ1) is 20.5. The molecule has 0 aliphatic carbocycles. The van der Waals surface area contributed by atoms with E-state index in [1.165, 1.54) is 0 Å². The number of hydrogen-bond donors (Lipinski definition) is 1. The van der Waals surface area contributed by atoms with Crippen LogP contribution in [0.15, 0.2) is 54.6 Å². The van der Waals surface area contributed by atoms with Crippen LogP contribution in [-0.4, -0.2) is 18.6 Å². The van der Waals surface area contributed by atoms with E-state index in [-0.39, 0.29) is 6.61 Å². The Labute approximate surface area is 174 Å². The fourth-order valence-electron chi connectivity index (χ4n) is 3.01. The number of nitrogens with two attached hydrogens (primary N) is 1. The van der Waals surface area contributed by atoms with Gasteiger partial charge in [0.05, 0.1) is 6.61 Å². The third-order valence-corrected chi connectivity index (χ3v) is 5.00. The summed E-state index contributed by atoms with van der Waals surface area (Å²) in [4.78, 5) is 12.0. The van der Waals surface area contributed by atoms with E-state index in [0.717, 1.165) is 21.9 Å². The van der Waals surface area contributed by atoms with Gasteiger partial charge >= 0.3 is 5.97 Å². The molecular formula is C22H21Cl2NO3. The Balaban J connectivity index is 1.91. The number of hydrogen-bond acceptors (Lipinski definition) is 4. The Kier molecular flexibility index (Phi) is 6.79. The van der Waals surface area contributed by atoms with Gasteiger partial charge in [-0.25, -0.2) is 0 Å². The summed E-state index contributed by atoms with van der Waals surface area (Å²) in [5.74, 6) is 0.228. The molecule has 1 unspecified atom stereocenters. The van der Waals surface area contributed by atoms with Crippen LogP contribution in [0.2, 0.25) is 10.0 Å². The zero-order chi connectivity index (χ0) is 20.1. The van der Waals surface area contributed by atoms with Crippen molar-refractivity contribution < 1.29 is 14.3 Å². The lowest BCUT2D eigenvalue weighted by Crippen LogP contribution is -2.34. The van der Waals surface area contributed by atoms with E-state index >= 15 is 0 Å². The maximum atomic E-state index is 12.0. The standard InChI is InChI=1S/C22H21Cl2NO3/c1-2-27-22(26)20(25)12-18-17-6-4-3-5-14(17)8-10-21(18)28-13-15-7-9-16(23)11-19(15)24/h3-11,20H,2,12-13,25H2,1H3. The third-order valence-electron chi connectivity index (χ3n) is 4.41. The Morgan fingerprint density at radius 2 is 1.89 bits per heavy atom. The maximum absolute atomic E-state index is 12.0. The molecule has 146 valence electrons. The monoisotopic (exact) mass is 417 g/mol. The van der Waals surface area contributed by atoms with Crippen molar-refractivity contribution in [3.63, 3.8) is 0 Å². The topological polar surface area (TPSA) is 61.5 Å². The number of esters is 1. The second kappa shape index (κ2) is 9.28. The van der Waals surface area contributed by atoms with Crippen molar-refractivity contribution in [1.29, 1.82) is 0 Å². The molecule has 0 spiro atoms.